The smallest absolute Gasteiger partial charge is 0.0850 e. The molecule has 1 aliphatic rings. The van der Waals surface area contributed by atoms with Crippen molar-refractivity contribution in [3.8, 4) is 0 Å². The van der Waals surface area contributed by atoms with E-state index in [0.717, 1.165) is 13.1 Å². The van der Waals surface area contributed by atoms with Crippen LogP contribution in [0.4, 0.5) is 0 Å². The van der Waals surface area contributed by atoms with Crippen LogP contribution in [0.5, 0.6) is 0 Å². The van der Waals surface area contributed by atoms with E-state index in [1.54, 1.807) is 0 Å². The first-order chi connectivity index (χ1) is 4.18. The SMILES string of the molecule is CC1=CC(O)CN(C)C1. The summed E-state index contributed by atoms with van der Waals surface area (Å²) in [6.07, 6.45) is 1.67. The van der Waals surface area contributed by atoms with E-state index in [-0.39, 0.29) is 6.10 Å². The molecule has 0 saturated heterocycles. The maximum absolute atomic E-state index is 9.13. The third-order valence-electron chi connectivity index (χ3n) is 1.49. The van der Waals surface area contributed by atoms with Gasteiger partial charge in [0.2, 0.25) is 0 Å². The third kappa shape index (κ3) is 1.80. The first kappa shape index (κ1) is 6.78. The summed E-state index contributed by atoms with van der Waals surface area (Å²) in [4.78, 5) is 2.11. The lowest BCUT2D eigenvalue weighted by Crippen LogP contribution is -2.33. The van der Waals surface area contributed by atoms with E-state index in [4.69, 9.17) is 5.11 Å². The third-order valence-corrected chi connectivity index (χ3v) is 1.49. The molecule has 1 unspecified atom stereocenters. The Morgan fingerprint density at radius 3 is 2.89 bits per heavy atom. The number of β-amino-alcohol motifs (C(OH)–C–C–N with tert-alkyl or cyclic N) is 1. The second kappa shape index (κ2) is 2.50. The minimum atomic E-state index is -0.247. The van der Waals surface area contributed by atoms with E-state index >= 15 is 0 Å². The van der Waals surface area contributed by atoms with Crippen LogP contribution in [0, 0.1) is 0 Å². The lowest BCUT2D eigenvalue weighted by atomic mass is 10.1. The van der Waals surface area contributed by atoms with Gasteiger partial charge in [-0.25, -0.2) is 0 Å². The van der Waals surface area contributed by atoms with E-state index in [1.807, 2.05) is 20.0 Å². The average Bonchev–Trinajstić information content (AvgIpc) is 1.59. The van der Waals surface area contributed by atoms with E-state index in [1.165, 1.54) is 5.57 Å². The zero-order chi connectivity index (χ0) is 6.85. The van der Waals surface area contributed by atoms with Gasteiger partial charge in [-0.05, 0) is 14.0 Å². The largest absolute Gasteiger partial charge is 0.388 e. The molecule has 1 N–H and O–H groups in total. The molecule has 1 atom stereocenters. The van der Waals surface area contributed by atoms with Gasteiger partial charge in [-0.15, -0.1) is 0 Å². The van der Waals surface area contributed by atoms with Crippen molar-refractivity contribution in [2.75, 3.05) is 20.1 Å². The highest BCUT2D eigenvalue weighted by Crippen LogP contribution is 2.06. The summed E-state index contributed by atoms with van der Waals surface area (Å²) in [5, 5.41) is 9.13. The van der Waals surface area contributed by atoms with E-state index in [0.29, 0.717) is 0 Å². The predicted octanol–water partition coefficient (Wildman–Crippen LogP) is 0.239. The highest BCUT2D eigenvalue weighted by Gasteiger charge is 2.11. The van der Waals surface area contributed by atoms with Crippen LogP contribution in [-0.4, -0.2) is 36.2 Å². The molecule has 2 heteroatoms. The fourth-order valence-corrected chi connectivity index (χ4v) is 1.24. The molecule has 0 aliphatic carbocycles. The minimum absolute atomic E-state index is 0.247. The van der Waals surface area contributed by atoms with Crippen molar-refractivity contribution < 1.29 is 5.11 Å². The molecule has 1 aliphatic heterocycles. The molecule has 2 nitrogen and oxygen atoms in total. The number of hydrogen-bond donors (Lipinski definition) is 1. The van der Waals surface area contributed by atoms with Crippen molar-refractivity contribution in [3.05, 3.63) is 11.6 Å². The van der Waals surface area contributed by atoms with Gasteiger partial charge in [0, 0.05) is 13.1 Å². The van der Waals surface area contributed by atoms with Gasteiger partial charge in [-0.2, -0.15) is 0 Å². The number of nitrogens with zero attached hydrogens (tertiary/aromatic N) is 1. The zero-order valence-corrected chi connectivity index (χ0v) is 5.96. The summed E-state index contributed by atoms with van der Waals surface area (Å²) < 4.78 is 0. The van der Waals surface area contributed by atoms with Crippen molar-refractivity contribution >= 4 is 0 Å². The second-order valence-corrected chi connectivity index (χ2v) is 2.78. The van der Waals surface area contributed by atoms with Crippen molar-refractivity contribution in [1.82, 2.24) is 4.90 Å². The van der Waals surface area contributed by atoms with Crippen molar-refractivity contribution in [2.24, 2.45) is 0 Å². The van der Waals surface area contributed by atoms with Gasteiger partial charge in [0.1, 0.15) is 0 Å². The number of aliphatic hydroxyl groups excluding tert-OH is 1. The molecule has 0 aromatic carbocycles. The van der Waals surface area contributed by atoms with Gasteiger partial charge in [0.05, 0.1) is 6.10 Å². The molecule has 1 rings (SSSR count). The predicted molar refractivity (Wildman–Crippen MR) is 37.3 cm³/mol. The summed E-state index contributed by atoms with van der Waals surface area (Å²) in [7, 11) is 2.01. The van der Waals surface area contributed by atoms with E-state index in [9.17, 15) is 0 Å². The lowest BCUT2D eigenvalue weighted by molar-refractivity contribution is 0.157. The van der Waals surface area contributed by atoms with Crippen LogP contribution >= 0.6 is 0 Å². The molecule has 0 aromatic rings. The maximum Gasteiger partial charge on any atom is 0.0850 e. The summed E-state index contributed by atoms with van der Waals surface area (Å²) in [6, 6.07) is 0. The Hall–Kier alpha value is -0.340. The molecule has 0 amide bonds. The Labute approximate surface area is 55.8 Å². The quantitative estimate of drug-likeness (QED) is 0.471. The monoisotopic (exact) mass is 127 g/mol. The summed E-state index contributed by atoms with van der Waals surface area (Å²) in [5.74, 6) is 0. The molecule has 1 heterocycles. The molecule has 0 radical (unpaired) electrons. The number of aliphatic hydroxyl groups is 1. The van der Waals surface area contributed by atoms with Crippen LogP contribution in [-0.2, 0) is 0 Å². The first-order valence-corrected chi connectivity index (χ1v) is 3.22. The number of hydrogen-bond acceptors (Lipinski definition) is 2. The molecule has 0 spiro atoms. The Bertz CT molecular complexity index is 131. The fourth-order valence-electron chi connectivity index (χ4n) is 1.24. The molecule has 0 fully saturated rings. The Kier molecular flexibility index (Phi) is 1.88. The second-order valence-electron chi connectivity index (χ2n) is 2.78. The molecule has 9 heavy (non-hydrogen) atoms. The molecule has 0 bridgehead atoms. The van der Waals surface area contributed by atoms with Gasteiger partial charge < -0.3 is 5.11 Å². The van der Waals surface area contributed by atoms with E-state index < -0.39 is 0 Å². The Morgan fingerprint density at radius 2 is 2.44 bits per heavy atom. The Morgan fingerprint density at radius 1 is 1.78 bits per heavy atom. The highest BCUT2D eigenvalue weighted by atomic mass is 16.3. The van der Waals surface area contributed by atoms with Crippen LogP contribution in [0.1, 0.15) is 6.92 Å². The van der Waals surface area contributed by atoms with Crippen LogP contribution in [0.3, 0.4) is 0 Å². The summed E-state index contributed by atoms with van der Waals surface area (Å²) in [5.41, 5.74) is 1.26. The molecule has 52 valence electrons. The van der Waals surface area contributed by atoms with Gasteiger partial charge in [-0.3, -0.25) is 4.90 Å². The summed E-state index contributed by atoms with van der Waals surface area (Å²) in [6.45, 7) is 3.81. The van der Waals surface area contributed by atoms with Crippen molar-refractivity contribution in [3.63, 3.8) is 0 Å². The first-order valence-electron chi connectivity index (χ1n) is 3.22. The van der Waals surface area contributed by atoms with Crippen LogP contribution < -0.4 is 0 Å². The fraction of sp³-hybridized carbons (Fsp3) is 0.714. The molecule has 0 aromatic heterocycles. The molecular weight excluding hydrogens is 114 g/mol. The Balaban J connectivity index is 2.56. The van der Waals surface area contributed by atoms with Crippen LogP contribution in [0.15, 0.2) is 11.6 Å². The van der Waals surface area contributed by atoms with E-state index in [2.05, 4.69) is 4.90 Å². The molecular formula is C7H13NO. The molecule has 0 saturated carbocycles. The standard InChI is InChI=1S/C7H13NO/c1-6-3-7(9)5-8(2)4-6/h3,7,9H,4-5H2,1-2H3. The van der Waals surface area contributed by atoms with Crippen molar-refractivity contribution in [1.29, 1.82) is 0 Å². The topological polar surface area (TPSA) is 23.5 Å². The van der Waals surface area contributed by atoms with Gasteiger partial charge in [-0.1, -0.05) is 11.6 Å². The summed E-state index contributed by atoms with van der Waals surface area (Å²) >= 11 is 0. The van der Waals surface area contributed by atoms with Gasteiger partial charge >= 0.3 is 0 Å². The lowest BCUT2D eigenvalue weighted by Gasteiger charge is -2.24. The normalized spacial score (nSPS) is 30.1. The number of likely N-dealkylation sites (N-methyl/N-ethyl adjacent to an activating group) is 1. The van der Waals surface area contributed by atoms with Crippen molar-refractivity contribution in [2.45, 2.75) is 13.0 Å². The van der Waals surface area contributed by atoms with Gasteiger partial charge in [0.15, 0.2) is 0 Å². The van der Waals surface area contributed by atoms with Gasteiger partial charge in [0.25, 0.3) is 0 Å². The van der Waals surface area contributed by atoms with Crippen LogP contribution in [0.25, 0.3) is 0 Å². The number of rotatable bonds is 0. The highest BCUT2D eigenvalue weighted by molar-refractivity contribution is 5.08. The maximum atomic E-state index is 9.13. The zero-order valence-electron chi connectivity index (χ0n) is 5.96. The average molecular weight is 127 g/mol. The van der Waals surface area contributed by atoms with Crippen LogP contribution in [0.2, 0.25) is 0 Å². The minimum Gasteiger partial charge on any atom is -0.388 e.